The fraction of sp³-hybridized carbons (Fsp3) is 0.143. The molecule has 84 valence electrons. The summed E-state index contributed by atoms with van der Waals surface area (Å²) in [4.78, 5) is 12.3. The van der Waals surface area contributed by atoms with Crippen LogP contribution < -0.4 is 11.3 Å². The number of pyridine rings is 1. The minimum Gasteiger partial charge on any atom is -0.297 e. The summed E-state index contributed by atoms with van der Waals surface area (Å²) in [6, 6.07) is 0.979. The maximum atomic E-state index is 11.9. The molecule has 8 heteroatoms. The Morgan fingerprint density at radius 3 is 2.27 bits per heavy atom. The van der Waals surface area contributed by atoms with Gasteiger partial charge >= 0.3 is 6.18 Å². The third kappa shape index (κ3) is 6.02. The smallest absolute Gasteiger partial charge is 0.297 e. The van der Waals surface area contributed by atoms with Gasteiger partial charge in [-0.05, 0) is 22.0 Å². The zero-order valence-corrected chi connectivity index (χ0v) is 8.84. The number of halogens is 4. The lowest BCUT2D eigenvalue weighted by Gasteiger charge is -2.04. The number of aromatic nitrogens is 1. The molecule has 1 rings (SSSR count). The van der Waals surface area contributed by atoms with Crippen molar-refractivity contribution in [2.75, 3.05) is 0 Å². The number of nitrogens with one attached hydrogen (secondary N) is 1. The average Bonchev–Trinajstić information content (AvgIpc) is 2.17. The maximum absolute atomic E-state index is 11.9. The van der Waals surface area contributed by atoms with Gasteiger partial charge in [-0.3, -0.25) is 15.2 Å². The molecule has 15 heavy (non-hydrogen) atoms. The van der Waals surface area contributed by atoms with Crippen molar-refractivity contribution in [3.8, 4) is 0 Å². The van der Waals surface area contributed by atoms with Gasteiger partial charge in [0.15, 0.2) is 0 Å². The predicted molar refractivity (Wildman–Crippen MR) is 50.3 cm³/mol. The molecular weight excluding hydrogens is 279 g/mol. The third-order valence-electron chi connectivity index (χ3n) is 1.10. The van der Waals surface area contributed by atoms with E-state index >= 15 is 0 Å². The van der Waals surface area contributed by atoms with Crippen molar-refractivity contribution in [3.63, 3.8) is 0 Å². The maximum Gasteiger partial charge on any atom is 0.417 e. The molecule has 0 aliphatic carbocycles. The van der Waals surface area contributed by atoms with Gasteiger partial charge in [-0.15, -0.1) is 0 Å². The number of hydrogen-bond acceptors (Lipinski definition) is 3. The number of rotatable bonds is 1. The molecule has 3 N–H and O–H groups in total. The van der Waals surface area contributed by atoms with Crippen LogP contribution in [0.25, 0.3) is 0 Å². The molecule has 4 nitrogen and oxygen atoms in total. The summed E-state index contributed by atoms with van der Waals surface area (Å²) in [5.74, 6) is 4.41. The van der Waals surface area contributed by atoms with Crippen molar-refractivity contribution < 1.29 is 18.0 Å². The summed E-state index contributed by atoms with van der Waals surface area (Å²) >= 11 is 2.89. The Bertz CT molecular complexity index is 319. The molecule has 0 radical (unpaired) electrons. The summed E-state index contributed by atoms with van der Waals surface area (Å²) in [6.45, 7) is 0. The Morgan fingerprint density at radius 2 is 2.00 bits per heavy atom. The predicted octanol–water partition coefficient (Wildman–Crippen LogP) is 1.47. The van der Waals surface area contributed by atoms with E-state index in [-0.39, 0.29) is 0 Å². The normalized spacial score (nSPS) is 9.93. The van der Waals surface area contributed by atoms with E-state index in [0.29, 0.717) is 10.9 Å². The molecule has 0 unspecified atom stereocenters. The number of hydrazine groups is 1. The van der Waals surface area contributed by atoms with Gasteiger partial charge in [-0.25, -0.2) is 5.84 Å². The van der Waals surface area contributed by atoms with E-state index in [1.54, 1.807) is 5.43 Å². The molecule has 1 heterocycles. The van der Waals surface area contributed by atoms with E-state index in [1.807, 2.05) is 0 Å². The van der Waals surface area contributed by atoms with Crippen molar-refractivity contribution in [1.82, 2.24) is 10.4 Å². The van der Waals surface area contributed by atoms with E-state index < -0.39 is 11.7 Å². The fourth-order valence-electron chi connectivity index (χ4n) is 0.567. The molecule has 0 bridgehead atoms. The molecule has 0 aromatic carbocycles. The number of hydrogen-bond donors (Lipinski definition) is 2. The van der Waals surface area contributed by atoms with Crippen LogP contribution in [0.2, 0.25) is 0 Å². The number of amides is 1. The fourth-order valence-corrected chi connectivity index (χ4v) is 0.932. The molecule has 0 fully saturated rings. The van der Waals surface area contributed by atoms with Gasteiger partial charge in [-0.1, -0.05) is 0 Å². The quantitative estimate of drug-likeness (QED) is 0.355. The van der Waals surface area contributed by atoms with Gasteiger partial charge in [0.05, 0.1) is 5.56 Å². The van der Waals surface area contributed by atoms with Crippen molar-refractivity contribution in [1.29, 1.82) is 0 Å². The SMILES string of the molecule is FC(F)(F)c1cncc(Br)c1.NNC=O. The first kappa shape index (κ1) is 13.8. The highest BCUT2D eigenvalue weighted by Crippen LogP contribution is 2.29. The Labute approximate surface area is 91.8 Å². The van der Waals surface area contributed by atoms with Gasteiger partial charge in [0.25, 0.3) is 0 Å². The van der Waals surface area contributed by atoms with Crippen LogP contribution in [-0.2, 0) is 11.0 Å². The molecule has 0 atom stereocenters. The summed E-state index contributed by atoms with van der Waals surface area (Å²) in [7, 11) is 0. The van der Waals surface area contributed by atoms with Crippen LogP contribution in [0.15, 0.2) is 22.9 Å². The highest BCUT2D eigenvalue weighted by atomic mass is 79.9. The number of alkyl halides is 3. The van der Waals surface area contributed by atoms with E-state index in [4.69, 9.17) is 4.79 Å². The van der Waals surface area contributed by atoms with Crippen LogP contribution >= 0.6 is 15.9 Å². The van der Waals surface area contributed by atoms with E-state index in [1.165, 1.54) is 6.20 Å². The lowest BCUT2D eigenvalue weighted by atomic mass is 10.3. The van der Waals surface area contributed by atoms with Crippen LogP contribution in [0.3, 0.4) is 0 Å². The van der Waals surface area contributed by atoms with Crippen molar-refractivity contribution in [2.24, 2.45) is 5.84 Å². The first-order chi connectivity index (χ1) is 6.91. The van der Waals surface area contributed by atoms with Crippen LogP contribution in [0.4, 0.5) is 13.2 Å². The van der Waals surface area contributed by atoms with E-state index in [2.05, 4.69) is 26.8 Å². The second-order valence-corrected chi connectivity index (χ2v) is 3.09. The highest BCUT2D eigenvalue weighted by molar-refractivity contribution is 9.10. The third-order valence-corrected chi connectivity index (χ3v) is 1.53. The minimum atomic E-state index is -4.31. The first-order valence-corrected chi connectivity index (χ1v) is 4.28. The Balaban J connectivity index is 0.000000423. The number of carbonyl (C=O) groups excluding carboxylic acids is 1. The number of nitrogens with zero attached hydrogens (tertiary/aromatic N) is 1. The topological polar surface area (TPSA) is 68.0 Å². The molecule has 1 amide bonds. The van der Waals surface area contributed by atoms with Gasteiger partial charge in [-0.2, -0.15) is 13.2 Å². The Morgan fingerprint density at radius 1 is 1.47 bits per heavy atom. The second-order valence-electron chi connectivity index (χ2n) is 2.17. The van der Waals surface area contributed by atoms with Crippen LogP contribution in [0, 0.1) is 0 Å². The average molecular weight is 286 g/mol. The largest absolute Gasteiger partial charge is 0.417 e. The van der Waals surface area contributed by atoms with Crippen LogP contribution in [-0.4, -0.2) is 11.4 Å². The molecule has 0 saturated carbocycles. The number of carbonyl (C=O) groups is 1. The molecule has 0 aliphatic heterocycles. The zero-order valence-electron chi connectivity index (χ0n) is 7.25. The molecule has 0 aliphatic rings. The molecule has 1 aromatic rings. The monoisotopic (exact) mass is 285 g/mol. The Kier molecular flexibility index (Phi) is 5.87. The lowest BCUT2D eigenvalue weighted by molar-refractivity contribution is -0.137. The van der Waals surface area contributed by atoms with Gasteiger partial charge < -0.3 is 0 Å². The van der Waals surface area contributed by atoms with Crippen molar-refractivity contribution in [2.45, 2.75) is 6.18 Å². The van der Waals surface area contributed by atoms with Crippen LogP contribution in [0.1, 0.15) is 5.56 Å². The summed E-state index contributed by atoms with van der Waals surface area (Å²) in [5.41, 5.74) is 1.01. The van der Waals surface area contributed by atoms with Crippen molar-refractivity contribution >= 4 is 22.3 Å². The van der Waals surface area contributed by atoms with Gasteiger partial charge in [0.2, 0.25) is 6.41 Å². The van der Waals surface area contributed by atoms with E-state index in [0.717, 1.165) is 12.3 Å². The summed E-state index contributed by atoms with van der Waals surface area (Å²) in [5, 5.41) is 0. The summed E-state index contributed by atoms with van der Waals surface area (Å²) in [6.07, 6.45) is -1.82. The lowest BCUT2D eigenvalue weighted by Crippen LogP contribution is -2.18. The Hall–Kier alpha value is -1.15. The second kappa shape index (κ2) is 6.36. The highest BCUT2D eigenvalue weighted by Gasteiger charge is 2.30. The van der Waals surface area contributed by atoms with E-state index in [9.17, 15) is 13.2 Å². The van der Waals surface area contributed by atoms with Gasteiger partial charge in [0, 0.05) is 16.9 Å². The molecular formula is C7H7BrF3N3O. The van der Waals surface area contributed by atoms with Crippen LogP contribution in [0.5, 0.6) is 0 Å². The first-order valence-electron chi connectivity index (χ1n) is 3.49. The molecule has 0 spiro atoms. The molecule has 0 saturated heterocycles. The summed E-state index contributed by atoms with van der Waals surface area (Å²) < 4.78 is 36.0. The molecule has 1 aromatic heterocycles. The minimum absolute atomic E-state index is 0.326. The van der Waals surface area contributed by atoms with Crippen molar-refractivity contribution in [3.05, 3.63) is 28.5 Å². The standard InChI is InChI=1S/C6H3BrF3N.CH4N2O/c7-5-1-4(2-11-3-5)6(8,9)10;2-3-1-4/h1-3H;1H,2H2,(H,3,4). The zero-order chi connectivity index (χ0) is 11.9. The van der Waals surface area contributed by atoms with Gasteiger partial charge in [0.1, 0.15) is 0 Å². The number of nitrogens with two attached hydrogens (primary N) is 1.